The van der Waals surface area contributed by atoms with Crippen LogP contribution in [0.1, 0.15) is 11.3 Å². The molecule has 0 saturated heterocycles. The Hall–Kier alpha value is -1.78. The molecule has 0 radical (unpaired) electrons. The molecule has 2 heterocycles. The molecule has 0 fully saturated rings. The molecule has 0 unspecified atom stereocenters. The number of rotatable bonds is 2. The Morgan fingerprint density at radius 3 is 2.79 bits per heavy atom. The summed E-state index contributed by atoms with van der Waals surface area (Å²) in [5.74, 6) is 0.590. The number of nitrogens with two attached hydrogens (primary N) is 1. The summed E-state index contributed by atoms with van der Waals surface area (Å²) >= 11 is 0. The maximum Gasteiger partial charge on any atom is 0.148 e. The van der Waals surface area contributed by atoms with E-state index in [1.54, 1.807) is 6.33 Å². The Morgan fingerprint density at radius 1 is 1.50 bits per heavy atom. The van der Waals surface area contributed by atoms with Crippen LogP contribution in [0.15, 0.2) is 18.7 Å². The van der Waals surface area contributed by atoms with Gasteiger partial charge >= 0.3 is 0 Å². The molecule has 0 aliphatic heterocycles. The summed E-state index contributed by atoms with van der Waals surface area (Å²) in [5.41, 5.74) is 7.76. The van der Waals surface area contributed by atoms with Gasteiger partial charge in [-0.05, 0) is 6.92 Å². The van der Waals surface area contributed by atoms with Crippen LogP contribution in [0.5, 0.6) is 0 Å². The van der Waals surface area contributed by atoms with Crippen LogP contribution in [0.4, 0.5) is 5.82 Å². The maximum absolute atomic E-state index is 5.65. The van der Waals surface area contributed by atoms with E-state index >= 15 is 0 Å². The van der Waals surface area contributed by atoms with E-state index in [9.17, 15) is 0 Å². The van der Waals surface area contributed by atoms with Crippen LogP contribution in [-0.2, 0) is 13.6 Å². The van der Waals surface area contributed by atoms with Crippen molar-refractivity contribution in [3.63, 3.8) is 0 Å². The minimum Gasteiger partial charge on any atom is -0.382 e. The molecule has 0 amide bonds. The Kier molecular flexibility index (Phi) is 1.99. The van der Waals surface area contributed by atoms with Gasteiger partial charge in [0.2, 0.25) is 0 Å². The molecule has 0 bridgehead atoms. The first-order valence-corrected chi connectivity index (χ1v) is 4.41. The fourth-order valence-corrected chi connectivity index (χ4v) is 1.32. The quantitative estimate of drug-likeness (QED) is 0.754. The van der Waals surface area contributed by atoms with Crippen molar-refractivity contribution in [1.82, 2.24) is 19.3 Å². The highest BCUT2D eigenvalue weighted by molar-refractivity contribution is 5.35. The fourth-order valence-electron chi connectivity index (χ4n) is 1.32. The SMILES string of the molecule is Cc1cn(Cc2cncn2C)nc1N. The van der Waals surface area contributed by atoms with Crippen molar-refractivity contribution in [2.75, 3.05) is 5.73 Å². The van der Waals surface area contributed by atoms with Crippen LogP contribution in [0.2, 0.25) is 0 Å². The minimum atomic E-state index is 0.590. The van der Waals surface area contributed by atoms with Crippen molar-refractivity contribution in [1.29, 1.82) is 0 Å². The van der Waals surface area contributed by atoms with Crippen molar-refractivity contribution >= 4 is 5.82 Å². The molecule has 2 rings (SSSR count). The van der Waals surface area contributed by atoms with Gasteiger partial charge in [-0.2, -0.15) is 5.10 Å². The van der Waals surface area contributed by atoms with Crippen molar-refractivity contribution < 1.29 is 0 Å². The van der Waals surface area contributed by atoms with E-state index in [2.05, 4.69) is 10.1 Å². The molecule has 74 valence electrons. The normalized spacial score (nSPS) is 10.7. The summed E-state index contributed by atoms with van der Waals surface area (Å²) in [7, 11) is 1.96. The lowest BCUT2D eigenvalue weighted by molar-refractivity contribution is 0.650. The highest BCUT2D eigenvalue weighted by Gasteiger charge is 2.03. The van der Waals surface area contributed by atoms with E-state index in [0.717, 1.165) is 11.3 Å². The van der Waals surface area contributed by atoms with E-state index in [1.165, 1.54) is 0 Å². The van der Waals surface area contributed by atoms with Gasteiger partial charge in [-0.25, -0.2) is 4.98 Å². The van der Waals surface area contributed by atoms with Gasteiger partial charge in [0.05, 0.1) is 24.8 Å². The summed E-state index contributed by atoms with van der Waals surface area (Å²) in [4.78, 5) is 4.04. The van der Waals surface area contributed by atoms with Gasteiger partial charge in [0.25, 0.3) is 0 Å². The van der Waals surface area contributed by atoms with Gasteiger partial charge in [-0.15, -0.1) is 0 Å². The molecule has 0 aliphatic carbocycles. The van der Waals surface area contributed by atoms with Crippen LogP contribution in [0, 0.1) is 6.92 Å². The Balaban J connectivity index is 2.23. The third-order valence-corrected chi connectivity index (χ3v) is 2.22. The average molecular weight is 191 g/mol. The first kappa shape index (κ1) is 8.80. The molecule has 2 aromatic rings. The molecule has 0 atom stereocenters. The van der Waals surface area contributed by atoms with Gasteiger partial charge in [0, 0.05) is 18.8 Å². The number of anilines is 1. The molecule has 2 aromatic heterocycles. The second-order valence-corrected chi connectivity index (χ2v) is 3.39. The van der Waals surface area contributed by atoms with E-state index in [-0.39, 0.29) is 0 Å². The zero-order valence-electron chi connectivity index (χ0n) is 8.31. The molecule has 2 N–H and O–H groups in total. The average Bonchev–Trinajstić information content (AvgIpc) is 2.63. The van der Waals surface area contributed by atoms with E-state index in [1.807, 2.05) is 35.6 Å². The zero-order valence-corrected chi connectivity index (χ0v) is 8.31. The number of aryl methyl sites for hydroxylation is 2. The van der Waals surface area contributed by atoms with E-state index < -0.39 is 0 Å². The van der Waals surface area contributed by atoms with E-state index in [0.29, 0.717) is 12.4 Å². The molecule has 14 heavy (non-hydrogen) atoms. The van der Waals surface area contributed by atoms with Crippen molar-refractivity contribution in [2.45, 2.75) is 13.5 Å². The van der Waals surface area contributed by atoms with Crippen molar-refractivity contribution in [3.05, 3.63) is 30.0 Å². The van der Waals surface area contributed by atoms with Gasteiger partial charge in [-0.3, -0.25) is 4.68 Å². The lowest BCUT2D eigenvalue weighted by Crippen LogP contribution is -2.04. The summed E-state index contributed by atoms with van der Waals surface area (Å²) in [5, 5.41) is 4.18. The summed E-state index contributed by atoms with van der Waals surface area (Å²) < 4.78 is 3.79. The van der Waals surface area contributed by atoms with E-state index in [4.69, 9.17) is 5.73 Å². The standard InChI is InChI=1S/C9H13N5/c1-7-4-14(12-9(7)10)5-8-3-11-6-13(8)2/h3-4,6H,5H2,1-2H3,(H2,10,12). The fraction of sp³-hybridized carbons (Fsp3) is 0.333. The molecule has 0 aliphatic rings. The Morgan fingerprint density at radius 2 is 2.29 bits per heavy atom. The largest absolute Gasteiger partial charge is 0.382 e. The van der Waals surface area contributed by atoms with Crippen LogP contribution < -0.4 is 5.73 Å². The van der Waals surface area contributed by atoms with Crippen LogP contribution >= 0.6 is 0 Å². The molecular weight excluding hydrogens is 178 g/mol. The van der Waals surface area contributed by atoms with Crippen molar-refractivity contribution in [2.24, 2.45) is 7.05 Å². The Labute approximate surface area is 82.2 Å². The van der Waals surface area contributed by atoms with Gasteiger partial charge in [0.1, 0.15) is 5.82 Å². The highest BCUT2D eigenvalue weighted by Crippen LogP contribution is 2.08. The van der Waals surface area contributed by atoms with Gasteiger partial charge < -0.3 is 10.3 Å². The number of imidazole rings is 1. The number of nitrogens with zero attached hydrogens (tertiary/aromatic N) is 4. The molecular formula is C9H13N5. The monoisotopic (exact) mass is 191 g/mol. The predicted octanol–water partition coefficient (Wildman–Crippen LogP) is 0.556. The third kappa shape index (κ3) is 1.48. The Bertz CT molecular complexity index is 420. The first-order valence-electron chi connectivity index (χ1n) is 4.41. The number of nitrogen functional groups attached to an aromatic ring is 1. The van der Waals surface area contributed by atoms with Gasteiger partial charge in [-0.1, -0.05) is 0 Å². The molecule has 0 saturated carbocycles. The first-order chi connectivity index (χ1) is 6.66. The highest BCUT2D eigenvalue weighted by atomic mass is 15.3. The molecule has 5 nitrogen and oxygen atoms in total. The smallest absolute Gasteiger partial charge is 0.148 e. The number of hydrogen-bond acceptors (Lipinski definition) is 3. The van der Waals surface area contributed by atoms with Crippen LogP contribution in [0.25, 0.3) is 0 Å². The summed E-state index contributed by atoms with van der Waals surface area (Å²) in [6, 6.07) is 0. The van der Waals surface area contributed by atoms with Crippen molar-refractivity contribution in [3.8, 4) is 0 Å². The lowest BCUT2D eigenvalue weighted by Gasteiger charge is -2.01. The topological polar surface area (TPSA) is 61.7 Å². The number of aromatic nitrogens is 4. The summed E-state index contributed by atoms with van der Waals surface area (Å²) in [6.07, 6.45) is 5.53. The maximum atomic E-state index is 5.65. The molecule has 0 spiro atoms. The predicted molar refractivity (Wildman–Crippen MR) is 53.7 cm³/mol. The van der Waals surface area contributed by atoms with Gasteiger partial charge in [0.15, 0.2) is 0 Å². The van der Waals surface area contributed by atoms with Crippen LogP contribution in [-0.4, -0.2) is 19.3 Å². The minimum absolute atomic E-state index is 0.590. The molecule has 5 heteroatoms. The lowest BCUT2D eigenvalue weighted by atomic mass is 10.4. The summed E-state index contributed by atoms with van der Waals surface area (Å²) in [6.45, 7) is 2.65. The zero-order chi connectivity index (χ0) is 10.1. The number of hydrogen-bond donors (Lipinski definition) is 1. The second kappa shape index (κ2) is 3.17. The second-order valence-electron chi connectivity index (χ2n) is 3.39. The third-order valence-electron chi connectivity index (χ3n) is 2.22. The molecule has 0 aromatic carbocycles. The van der Waals surface area contributed by atoms with Crippen LogP contribution in [0.3, 0.4) is 0 Å².